The number of hydrogen-bond donors (Lipinski definition) is 2. The van der Waals surface area contributed by atoms with E-state index in [1.54, 1.807) is 17.0 Å². The first kappa shape index (κ1) is 15.6. The van der Waals surface area contributed by atoms with Crippen LogP contribution in [0.2, 0.25) is 0 Å². The Morgan fingerprint density at radius 3 is 2.52 bits per heavy atom. The number of anilines is 2. The van der Waals surface area contributed by atoms with Crippen LogP contribution < -0.4 is 15.8 Å². The Morgan fingerprint density at radius 1 is 1.19 bits per heavy atom. The van der Waals surface area contributed by atoms with Crippen LogP contribution in [0.25, 0.3) is 0 Å². The molecule has 1 aliphatic heterocycles. The SMILES string of the molecule is CC(=O)N1CCCN(c2ccc(N)cc2S(N)(=O)=O)CC1. The number of nitrogens with two attached hydrogens (primary N) is 2. The predicted molar refractivity (Wildman–Crippen MR) is 81.3 cm³/mol. The monoisotopic (exact) mass is 312 g/mol. The molecule has 8 heteroatoms. The van der Waals surface area contributed by atoms with Gasteiger partial charge in [-0.2, -0.15) is 0 Å². The zero-order valence-corrected chi connectivity index (χ0v) is 12.8. The molecule has 0 spiro atoms. The van der Waals surface area contributed by atoms with Crippen LogP contribution in [0.5, 0.6) is 0 Å². The summed E-state index contributed by atoms with van der Waals surface area (Å²) in [6.45, 7) is 3.99. The number of rotatable bonds is 2. The van der Waals surface area contributed by atoms with Crippen molar-refractivity contribution < 1.29 is 13.2 Å². The lowest BCUT2D eigenvalue weighted by molar-refractivity contribution is -0.128. The van der Waals surface area contributed by atoms with E-state index in [0.717, 1.165) is 6.42 Å². The number of carbonyl (C=O) groups is 1. The maximum atomic E-state index is 11.7. The van der Waals surface area contributed by atoms with Crippen molar-refractivity contribution in [1.82, 2.24) is 4.90 Å². The molecule has 0 aliphatic carbocycles. The fourth-order valence-corrected chi connectivity index (χ4v) is 3.28. The minimum absolute atomic E-state index is 0.0266. The first-order valence-electron chi connectivity index (χ1n) is 6.72. The topological polar surface area (TPSA) is 110 Å². The summed E-state index contributed by atoms with van der Waals surface area (Å²) >= 11 is 0. The summed E-state index contributed by atoms with van der Waals surface area (Å²) in [7, 11) is -3.85. The molecule has 0 aromatic heterocycles. The van der Waals surface area contributed by atoms with E-state index in [9.17, 15) is 13.2 Å². The van der Waals surface area contributed by atoms with Crippen molar-refractivity contribution in [3.05, 3.63) is 18.2 Å². The Balaban J connectivity index is 2.32. The largest absolute Gasteiger partial charge is 0.399 e. The third-order valence-electron chi connectivity index (χ3n) is 3.57. The lowest BCUT2D eigenvalue weighted by atomic mass is 10.2. The summed E-state index contributed by atoms with van der Waals surface area (Å²) in [6, 6.07) is 4.69. The molecule has 4 N–H and O–H groups in total. The molecule has 7 nitrogen and oxygen atoms in total. The second kappa shape index (κ2) is 5.90. The summed E-state index contributed by atoms with van der Waals surface area (Å²) in [5.41, 5.74) is 6.54. The average Bonchev–Trinajstić information content (AvgIpc) is 2.63. The van der Waals surface area contributed by atoms with Gasteiger partial charge in [-0.25, -0.2) is 13.6 Å². The van der Waals surface area contributed by atoms with E-state index in [1.165, 1.54) is 13.0 Å². The minimum atomic E-state index is -3.85. The molecule has 2 rings (SSSR count). The molecule has 1 aromatic rings. The highest BCUT2D eigenvalue weighted by atomic mass is 32.2. The molecular weight excluding hydrogens is 292 g/mol. The van der Waals surface area contributed by atoms with E-state index in [4.69, 9.17) is 10.9 Å². The van der Waals surface area contributed by atoms with Crippen molar-refractivity contribution in [2.75, 3.05) is 36.8 Å². The molecule has 1 fully saturated rings. The first-order chi connectivity index (χ1) is 9.79. The van der Waals surface area contributed by atoms with E-state index in [2.05, 4.69) is 0 Å². The van der Waals surface area contributed by atoms with Gasteiger partial charge in [-0.1, -0.05) is 0 Å². The molecule has 1 aliphatic rings. The smallest absolute Gasteiger partial charge is 0.240 e. The van der Waals surface area contributed by atoms with Crippen LogP contribution in [0.3, 0.4) is 0 Å². The number of primary sulfonamides is 1. The van der Waals surface area contributed by atoms with Crippen molar-refractivity contribution in [1.29, 1.82) is 0 Å². The van der Waals surface area contributed by atoms with Gasteiger partial charge in [-0.05, 0) is 24.6 Å². The van der Waals surface area contributed by atoms with Gasteiger partial charge >= 0.3 is 0 Å². The number of carbonyl (C=O) groups excluding carboxylic acids is 1. The summed E-state index contributed by atoms with van der Waals surface area (Å²) in [5.74, 6) is 0.0285. The summed E-state index contributed by atoms with van der Waals surface area (Å²) in [4.78, 5) is 15.2. The van der Waals surface area contributed by atoms with Gasteiger partial charge in [0.2, 0.25) is 15.9 Å². The number of sulfonamides is 1. The molecule has 1 amide bonds. The number of amides is 1. The molecule has 0 saturated carbocycles. The highest BCUT2D eigenvalue weighted by Gasteiger charge is 2.22. The zero-order chi connectivity index (χ0) is 15.6. The fraction of sp³-hybridized carbons (Fsp3) is 0.462. The molecule has 0 atom stereocenters. The quantitative estimate of drug-likeness (QED) is 0.746. The molecule has 0 radical (unpaired) electrons. The van der Waals surface area contributed by atoms with Gasteiger partial charge in [0, 0.05) is 38.8 Å². The molecule has 21 heavy (non-hydrogen) atoms. The van der Waals surface area contributed by atoms with Crippen molar-refractivity contribution in [3.63, 3.8) is 0 Å². The van der Waals surface area contributed by atoms with E-state index >= 15 is 0 Å². The molecule has 0 unspecified atom stereocenters. The second-order valence-electron chi connectivity index (χ2n) is 5.12. The van der Waals surface area contributed by atoms with Crippen molar-refractivity contribution >= 4 is 27.3 Å². The van der Waals surface area contributed by atoms with Crippen LogP contribution in [-0.2, 0) is 14.8 Å². The molecule has 116 valence electrons. The number of benzene rings is 1. The second-order valence-corrected chi connectivity index (χ2v) is 6.65. The van der Waals surface area contributed by atoms with Gasteiger partial charge in [0.05, 0.1) is 5.69 Å². The Morgan fingerprint density at radius 2 is 1.90 bits per heavy atom. The number of nitrogen functional groups attached to an aromatic ring is 1. The van der Waals surface area contributed by atoms with Gasteiger partial charge in [-0.3, -0.25) is 4.79 Å². The maximum absolute atomic E-state index is 11.7. The predicted octanol–water partition coefficient (Wildman–Crippen LogP) is -0.0252. The van der Waals surface area contributed by atoms with E-state index in [0.29, 0.717) is 37.6 Å². The fourth-order valence-electron chi connectivity index (χ4n) is 2.49. The highest BCUT2D eigenvalue weighted by Crippen LogP contribution is 2.27. The molecular formula is C13H20N4O3S. The average molecular weight is 312 g/mol. The van der Waals surface area contributed by atoms with Gasteiger partial charge in [0.25, 0.3) is 0 Å². The molecule has 1 heterocycles. The maximum Gasteiger partial charge on any atom is 0.240 e. The van der Waals surface area contributed by atoms with Crippen molar-refractivity contribution in [2.24, 2.45) is 5.14 Å². The number of nitrogens with zero attached hydrogens (tertiary/aromatic N) is 2. The zero-order valence-electron chi connectivity index (χ0n) is 11.9. The Bertz CT molecular complexity index is 645. The van der Waals surface area contributed by atoms with E-state index in [1.807, 2.05) is 4.90 Å². The van der Waals surface area contributed by atoms with E-state index < -0.39 is 10.0 Å². The van der Waals surface area contributed by atoms with Crippen molar-refractivity contribution in [2.45, 2.75) is 18.2 Å². The third kappa shape index (κ3) is 3.64. The van der Waals surface area contributed by atoms with Crippen LogP contribution >= 0.6 is 0 Å². The molecule has 1 saturated heterocycles. The molecule has 1 aromatic carbocycles. The lowest BCUT2D eigenvalue weighted by Crippen LogP contribution is -2.34. The van der Waals surface area contributed by atoms with E-state index in [-0.39, 0.29) is 10.8 Å². The van der Waals surface area contributed by atoms with Gasteiger partial charge in [0.1, 0.15) is 4.90 Å². The summed E-state index contributed by atoms with van der Waals surface area (Å²) in [6.07, 6.45) is 0.772. The Kier molecular flexibility index (Phi) is 4.38. The highest BCUT2D eigenvalue weighted by molar-refractivity contribution is 7.89. The number of hydrogen-bond acceptors (Lipinski definition) is 5. The first-order valence-corrected chi connectivity index (χ1v) is 8.26. The minimum Gasteiger partial charge on any atom is -0.399 e. The normalized spacial score (nSPS) is 16.7. The standard InChI is InChI=1S/C13H20N4O3S/c1-10(18)16-5-2-6-17(8-7-16)12-4-3-11(14)9-13(12)21(15,19)20/h3-4,9H,2,5-8,14H2,1H3,(H2,15,19,20). The molecule has 0 bridgehead atoms. The van der Waals surface area contributed by atoms with Crippen LogP contribution in [0.15, 0.2) is 23.1 Å². The summed E-state index contributed by atoms with van der Waals surface area (Å²) in [5, 5.41) is 5.27. The van der Waals surface area contributed by atoms with Gasteiger partial charge < -0.3 is 15.5 Å². The van der Waals surface area contributed by atoms with Crippen LogP contribution in [0, 0.1) is 0 Å². The Hall–Kier alpha value is -1.80. The van der Waals surface area contributed by atoms with Gasteiger partial charge in [0.15, 0.2) is 0 Å². The third-order valence-corrected chi connectivity index (χ3v) is 4.51. The lowest BCUT2D eigenvalue weighted by Gasteiger charge is -2.25. The summed E-state index contributed by atoms with van der Waals surface area (Å²) < 4.78 is 23.5. The van der Waals surface area contributed by atoms with Crippen LogP contribution in [0.1, 0.15) is 13.3 Å². The Labute approximate surface area is 124 Å². The van der Waals surface area contributed by atoms with Crippen LogP contribution in [-0.4, -0.2) is 45.4 Å². The van der Waals surface area contributed by atoms with Gasteiger partial charge in [-0.15, -0.1) is 0 Å². The van der Waals surface area contributed by atoms with Crippen molar-refractivity contribution in [3.8, 4) is 0 Å². The van der Waals surface area contributed by atoms with Crippen LogP contribution in [0.4, 0.5) is 11.4 Å².